The number of nitrogens with two attached hydrogens (primary N) is 1. The van der Waals surface area contributed by atoms with E-state index in [0.717, 1.165) is 11.8 Å². The van der Waals surface area contributed by atoms with E-state index in [-0.39, 0.29) is 9.79 Å². The standard InChI is InChI=1S/C19H20BrN5O4S2/c1-30(26,27)15-8-4-14(5-9-15)24-19-23-12-17(20)18(25-19)22-11-10-13-2-6-16(7-3-13)31(21,28)29/h2-9,12H,10-11H2,1H3,(H2,21,28,29)(H2,22,23,24,25). The van der Waals surface area contributed by atoms with E-state index >= 15 is 0 Å². The Hall–Kier alpha value is -2.54. The second kappa shape index (κ2) is 9.30. The van der Waals surface area contributed by atoms with Gasteiger partial charge < -0.3 is 10.6 Å². The Kier molecular flexibility index (Phi) is 6.94. The third-order valence-electron chi connectivity index (χ3n) is 4.24. The number of aromatic nitrogens is 2. The molecule has 0 amide bonds. The molecular weight excluding hydrogens is 506 g/mol. The van der Waals surface area contributed by atoms with Gasteiger partial charge in [-0.3, -0.25) is 0 Å². The lowest BCUT2D eigenvalue weighted by atomic mass is 10.1. The lowest BCUT2D eigenvalue weighted by Gasteiger charge is -2.11. The SMILES string of the molecule is CS(=O)(=O)c1ccc(Nc2ncc(Br)c(NCCc3ccc(S(N)(=O)=O)cc3)n2)cc1. The zero-order valence-corrected chi connectivity index (χ0v) is 19.6. The molecular formula is C19H20BrN5O4S2. The third-order valence-corrected chi connectivity index (χ3v) is 6.88. The molecule has 0 atom stereocenters. The van der Waals surface area contributed by atoms with Gasteiger partial charge in [-0.1, -0.05) is 12.1 Å². The molecule has 0 unspecified atom stereocenters. The molecule has 0 spiro atoms. The van der Waals surface area contributed by atoms with Crippen LogP contribution in [0.4, 0.5) is 17.5 Å². The lowest BCUT2D eigenvalue weighted by Crippen LogP contribution is -2.12. The summed E-state index contributed by atoms with van der Waals surface area (Å²) in [7, 11) is -6.96. The summed E-state index contributed by atoms with van der Waals surface area (Å²) in [6.45, 7) is 0.548. The fourth-order valence-electron chi connectivity index (χ4n) is 2.64. The first-order valence-electron chi connectivity index (χ1n) is 8.98. The van der Waals surface area contributed by atoms with Crippen LogP contribution in [0.2, 0.25) is 0 Å². The van der Waals surface area contributed by atoms with Crippen LogP contribution in [0.25, 0.3) is 0 Å². The summed E-state index contributed by atoms with van der Waals surface area (Å²) in [4.78, 5) is 8.93. The van der Waals surface area contributed by atoms with Crippen LogP contribution in [0.5, 0.6) is 0 Å². The molecule has 3 rings (SSSR count). The molecule has 0 fully saturated rings. The van der Waals surface area contributed by atoms with Crippen molar-refractivity contribution in [3.05, 3.63) is 64.8 Å². The average molecular weight is 526 g/mol. The number of hydrogen-bond acceptors (Lipinski definition) is 8. The summed E-state index contributed by atoms with van der Waals surface area (Å²) in [6, 6.07) is 12.7. The lowest BCUT2D eigenvalue weighted by molar-refractivity contribution is 0.597. The molecule has 164 valence electrons. The number of nitrogens with one attached hydrogen (secondary N) is 2. The zero-order chi connectivity index (χ0) is 22.6. The Labute approximate surface area is 189 Å². The van der Waals surface area contributed by atoms with Gasteiger partial charge in [0, 0.05) is 24.7 Å². The Bertz CT molecular complexity index is 1280. The van der Waals surface area contributed by atoms with Gasteiger partial charge in [-0.25, -0.2) is 27.0 Å². The second-order valence-electron chi connectivity index (χ2n) is 6.68. The number of primary sulfonamides is 1. The van der Waals surface area contributed by atoms with Crippen LogP contribution in [0.3, 0.4) is 0 Å². The first-order valence-corrected chi connectivity index (χ1v) is 13.2. The maximum absolute atomic E-state index is 11.6. The molecule has 0 aliphatic carbocycles. The van der Waals surface area contributed by atoms with E-state index in [1.807, 2.05) is 0 Å². The van der Waals surface area contributed by atoms with Crippen molar-refractivity contribution in [2.24, 2.45) is 5.14 Å². The number of anilines is 3. The minimum absolute atomic E-state index is 0.0723. The fraction of sp³-hybridized carbons (Fsp3) is 0.158. The summed E-state index contributed by atoms with van der Waals surface area (Å²) in [5.74, 6) is 0.918. The number of halogens is 1. The largest absolute Gasteiger partial charge is 0.369 e. The number of sulfonamides is 1. The Morgan fingerprint density at radius 1 is 0.968 bits per heavy atom. The van der Waals surface area contributed by atoms with Gasteiger partial charge in [0.1, 0.15) is 5.82 Å². The molecule has 1 heterocycles. The number of hydrogen-bond donors (Lipinski definition) is 3. The molecule has 0 radical (unpaired) electrons. The average Bonchev–Trinajstić information content (AvgIpc) is 2.70. The molecule has 4 N–H and O–H groups in total. The molecule has 3 aromatic rings. The van der Waals surface area contributed by atoms with Crippen LogP contribution in [-0.2, 0) is 26.3 Å². The van der Waals surface area contributed by atoms with E-state index in [9.17, 15) is 16.8 Å². The molecule has 2 aromatic carbocycles. The molecule has 0 aliphatic heterocycles. The molecule has 0 aliphatic rings. The third kappa shape index (κ3) is 6.47. The van der Waals surface area contributed by atoms with E-state index in [0.29, 0.717) is 34.9 Å². The van der Waals surface area contributed by atoms with Crippen molar-refractivity contribution in [3.63, 3.8) is 0 Å². The first-order chi connectivity index (χ1) is 14.5. The van der Waals surface area contributed by atoms with Crippen LogP contribution in [0.1, 0.15) is 5.56 Å². The monoisotopic (exact) mass is 525 g/mol. The van der Waals surface area contributed by atoms with E-state index in [4.69, 9.17) is 5.14 Å². The molecule has 9 nitrogen and oxygen atoms in total. The second-order valence-corrected chi connectivity index (χ2v) is 11.1. The predicted molar refractivity (Wildman–Crippen MR) is 123 cm³/mol. The van der Waals surface area contributed by atoms with Crippen LogP contribution in [-0.4, -0.2) is 39.6 Å². The van der Waals surface area contributed by atoms with Gasteiger partial charge in [0.2, 0.25) is 16.0 Å². The van der Waals surface area contributed by atoms with Crippen molar-refractivity contribution < 1.29 is 16.8 Å². The molecule has 12 heteroatoms. The van der Waals surface area contributed by atoms with Crippen LogP contribution in [0, 0.1) is 0 Å². The van der Waals surface area contributed by atoms with Gasteiger partial charge in [-0.15, -0.1) is 0 Å². The summed E-state index contributed by atoms with van der Waals surface area (Å²) < 4.78 is 46.4. The highest BCUT2D eigenvalue weighted by Gasteiger charge is 2.09. The van der Waals surface area contributed by atoms with Gasteiger partial charge >= 0.3 is 0 Å². The van der Waals surface area contributed by atoms with Gasteiger partial charge in [0.25, 0.3) is 0 Å². The highest BCUT2D eigenvalue weighted by Crippen LogP contribution is 2.23. The van der Waals surface area contributed by atoms with Gasteiger partial charge in [0.15, 0.2) is 9.84 Å². The Morgan fingerprint density at radius 3 is 2.16 bits per heavy atom. The van der Waals surface area contributed by atoms with Crippen LogP contribution >= 0.6 is 15.9 Å². The number of nitrogens with zero attached hydrogens (tertiary/aromatic N) is 2. The van der Waals surface area contributed by atoms with Crippen molar-refractivity contribution in [2.45, 2.75) is 16.2 Å². The van der Waals surface area contributed by atoms with Crippen molar-refractivity contribution >= 4 is 53.2 Å². The van der Waals surface area contributed by atoms with Crippen molar-refractivity contribution in [3.8, 4) is 0 Å². The quantitative estimate of drug-likeness (QED) is 0.407. The highest BCUT2D eigenvalue weighted by atomic mass is 79.9. The van der Waals surface area contributed by atoms with Gasteiger partial charge in [-0.2, -0.15) is 4.98 Å². The fourth-order valence-corrected chi connectivity index (χ4v) is 4.11. The van der Waals surface area contributed by atoms with Gasteiger partial charge in [0.05, 0.1) is 14.3 Å². The van der Waals surface area contributed by atoms with E-state index < -0.39 is 19.9 Å². The highest BCUT2D eigenvalue weighted by molar-refractivity contribution is 9.10. The molecule has 0 saturated heterocycles. The summed E-state index contributed by atoms with van der Waals surface area (Å²) >= 11 is 3.40. The maximum Gasteiger partial charge on any atom is 0.238 e. The minimum atomic E-state index is -3.70. The van der Waals surface area contributed by atoms with Crippen LogP contribution in [0.15, 0.2) is 69.0 Å². The topological polar surface area (TPSA) is 144 Å². The minimum Gasteiger partial charge on any atom is -0.369 e. The van der Waals surface area contributed by atoms with Gasteiger partial charge in [-0.05, 0) is 64.3 Å². The summed E-state index contributed by atoms with van der Waals surface area (Å²) in [5, 5.41) is 11.3. The molecule has 1 aromatic heterocycles. The van der Waals surface area contributed by atoms with Crippen molar-refractivity contribution in [1.29, 1.82) is 0 Å². The number of benzene rings is 2. The summed E-state index contributed by atoms with van der Waals surface area (Å²) in [6.07, 6.45) is 3.39. The summed E-state index contributed by atoms with van der Waals surface area (Å²) in [5.41, 5.74) is 1.59. The number of sulfone groups is 1. The molecule has 0 bridgehead atoms. The predicted octanol–water partition coefficient (Wildman–Crippen LogP) is 2.69. The van der Waals surface area contributed by atoms with Crippen molar-refractivity contribution in [2.75, 3.05) is 23.4 Å². The van der Waals surface area contributed by atoms with E-state index in [1.165, 1.54) is 24.3 Å². The normalized spacial score (nSPS) is 11.8. The van der Waals surface area contributed by atoms with Crippen LogP contribution < -0.4 is 15.8 Å². The Balaban J connectivity index is 1.63. The zero-order valence-electron chi connectivity index (χ0n) is 16.4. The molecule has 0 saturated carbocycles. The van der Waals surface area contributed by atoms with E-state index in [1.54, 1.807) is 30.5 Å². The smallest absolute Gasteiger partial charge is 0.238 e. The molecule has 31 heavy (non-hydrogen) atoms. The first kappa shape index (κ1) is 23.1. The van der Waals surface area contributed by atoms with E-state index in [2.05, 4.69) is 36.5 Å². The number of rotatable bonds is 8. The Morgan fingerprint density at radius 2 is 1.58 bits per heavy atom. The maximum atomic E-state index is 11.6. The van der Waals surface area contributed by atoms with Crippen molar-refractivity contribution in [1.82, 2.24) is 9.97 Å².